The molecule has 2 amide bonds. The number of benzene rings is 2. The summed E-state index contributed by atoms with van der Waals surface area (Å²) in [6, 6.07) is 13.4. The van der Waals surface area contributed by atoms with Gasteiger partial charge in [0.1, 0.15) is 23.0 Å². The molecule has 13 nitrogen and oxygen atoms in total. The number of anilines is 1. The second-order valence-electron chi connectivity index (χ2n) is 9.02. The Hall–Kier alpha value is -5.01. The maximum atomic E-state index is 13.2. The van der Waals surface area contributed by atoms with Crippen LogP contribution < -0.4 is 10.6 Å². The first-order valence-electron chi connectivity index (χ1n) is 12.5. The summed E-state index contributed by atoms with van der Waals surface area (Å²) in [5.74, 6) is 0.0576. The van der Waals surface area contributed by atoms with E-state index in [-0.39, 0.29) is 5.91 Å². The van der Waals surface area contributed by atoms with Gasteiger partial charge in [-0.15, -0.1) is 5.10 Å². The smallest absolute Gasteiger partial charge is 0.411 e. The van der Waals surface area contributed by atoms with Gasteiger partial charge in [-0.1, -0.05) is 35.3 Å². The van der Waals surface area contributed by atoms with Crippen molar-refractivity contribution in [3.05, 3.63) is 94.4 Å². The van der Waals surface area contributed by atoms with E-state index >= 15 is 0 Å². The Morgan fingerprint density at radius 2 is 1.95 bits per heavy atom. The van der Waals surface area contributed by atoms with E-state index in [1.54, 1.807) is 53.2 Å². The van der Waals surface area contributed by atoms with Gasteiger partial charge in [-0.05, 0) is 52.9 Å². The Bertz CT molecular complexity index is 1730. The van der Waals surface area contributed by atoms with Gasteiger partial charge in [0.05, 0.1) is 24.5 Å². The Kier molecular flexibility index (Phi) is 8.60. The highest BCUT2D eigenvalue weighted by Gasteiger charge is 2.22. The van der Waals surface area contributed by atoms with Gasteiger partial charge in [-0.25, -0.2) is 9.78 Å². The number of hydrogen-bond donors (Lipinski definition) is 3. The zero-order valence-corrected chi connectivity index (χ0v) is 23.8. The molecule has 5 aromatic rings. The zero-order chi connectivity index (χ0) is 29.6. The van der Waals surface area contributed by atoms with Crippen molar-refractivity contribution in [2.24, 2.45) is 7.05 Å². The number of rotatable bonds is 9. The third-order valence-electron chi connectivity index (χ3n) is 6.10. The van der Waals surface area contributed by atoms with Crippen molar-refractivity contribution in [1.82, 2.24) is 45.3 Å². The van der Waals surface area contributed by atoms with Crippen molar-refractivity contribution < 1.29 is 14.3 Å². The minimum absolute atomic E-state index is 0.291. The summed E-state index contributed by atoms with van der Waals surface area (Å²) in [5.41, 5.74) is 3.77. The minimum atomic E-state index is -0.595. The lowest BCUT2D eigenvalue weighted by molar-refractivity contribution is -0.117. The van der Waals surface area contributed by atoms with Gasteiger partial charge in [-0.2, -0.15) is 9.78 Å². The zero-order valence-electron chi connectivity index (χ0n) is 22.3. The molecule has 3 N–H and O–H groups in total. The predicted molar refractivity (Wildman–Crippen MR) is 156 cm³/mol. The molecule has 42 heavy (non-hydrogen) atoms. The van der Waals surface area contributed by atoms with E-state index in [1.165, 1.54) is 24.2 Å². The molecule has 0 saturated carbocycles. The van der Waals surface area contributed by atoms with Crippen LogP contribution in [0.5, 0.6) is 0 Å². The maximum Gasteiger partial charge on any atom is 0.411 e. The molecule has 0 aliphatic rings. The van der Waals surface area contributed by atoms with E-state index in [1.807, 2.05) is 19.3 Å². The number of nitrogens with zero attached hydrogens (tertiary/aromatic N) is 7. The lowest BCUT2D eigenvalue weighted by Crippen LogP contribution is -2.29. The number of tetrazole rings is 1. The molecule has 0 aliphatic carbocycles. The van der Waals surface area contributed by atoms with Crippen molar-refractivity contribution in [3.8, 4) is 16.9 Å². The van der Waals surface area contributed by atoms with Gasteiger partial charge in [0.2, 0.25) is 5.91 Å². The fourth-order valence-electron chi connectivity index (χ4n) is 4.13. The van der Waals surface area contributed by atoms with Crippen molar-refractivity contribution in [2.75, 3.05) is 12.4 Å². The number of ether oxygens (including phenoxy) is 1. The number of aromatic amines is 1. The van der Waals surface area contributed by atoms with Crippen molar-refractivity contribution in [1.29, 1.82) is 0 Å². The fourth-order valence-corrected chi connectivity index (χ4v) is 4.56. The molecule has 0 saturated heterocycles. The van der Waals surface area contributed by atoms with Crippen molar-refractivity contribution in [3.63, 3.8) is 0 Å². The Labute approximate surface area is 249 Å². The lowest BCUT2D eigenvalue weighted by atomic mass is 10.1. The predicted octanol–water partition coefficient (Wildman–Crippen LogP) is 4.38. The molecule has 0 radical (unpaired) electrons. The largest absolute Gasteiger partial charge is 0.453 e. The van der Waals surface area contributed by atoms with Crippen LogP contribution >= 0.6 is 23.2 Å². The number of carbonyl (C=O) groups is 2. The monoisotopic (exact) mass is 606 g/mol. The Morgan fingerprint density at radius 1 is 1.14 bits per heavy atom. The second-order valence-corrected chi connectivity index (χ2v) is 9.83. The van der Waals surface area contributed by atoms with Crippen LogP contribution in [-0.2, 0) is 23.0 Å². The highest BCUT2D eigenvalue weighted by molar-refractivity contribution is 6.32. The SMILES string of the molecule is COC(=O)Nc1ccc(-c2nc(C(Cc3ccn(C)n3)NC(=O)/C=C/c3cc(Cl)ccc3-n3cnnn3)[nH]c2Cl)cc1. The lowest BCUT2D eigenvalue weighted by Gasteiger charge is -2.15. The van der Waals surface area contributed by atoms with Crippen LogP contribution in [0.3, 0.4) is 0 Å². The quantitative estimate of drug-likeness (QED) is 0.208. The number of methoxy groups -OCH3 is 1. The number of amides is 2. The molecule has 0 aliphatic heterocycles. The molecule has 15 heteroatoms. The first kappa shape index (κ1) is 28.5. The first-order valence-corrected chi connectivity index (χ1v) is 13.3. The molecule has 1 unspecified atom stereocenters. The molecule has 0 spiro atoms. The summed E-state index contributed by atoms with van der Waals surface area (Å²) in [7, 11) is 3.10. The van der Waals surface area contributed by atoms with Gasteiger partial charge >= 0.3 is 6.09 Å². The van der Waals surface area contributed by atoms with Crippen LogP contribution in [0.15, 0.2) is 67.1 Å². The molecular weight excluding hydrogens is 583 g/mol. The number of H-pyrrole nitrogens is 1. The number of halogens is 2. The summed E-state index contributed by atoms with van der Waals surface area (Å²) >= 11 is 12.8. The molecule has 3 heterocycles. The molecule has 3 aromatic heterocycles. The maximum absolute atomic E-state index is 13.2. The normalized spacial score (nSPS) is 11.9. The number of nitrogens with one attached hydrogen (secondary N) is 3. The van der Waals surface area contributed by atoms with Gasteiger partial charge in [0.15, 0.2) is 0 Å². The van der Waals surface area contributed by atoms with Crippen LogP contribution in [0, 0.1) is 0 Å². The Morgan fingerprint density at radius 3 is 2.64 bits per heavy atom. The van der Waals surface area contributed by atoms with E-state index < -0.39 is 12.1 Å². The van der Waals surface area contributed by atoms with E-state index in [0.717, 1.165) is 5.69 Å². The number of carbonyl (C=O) groups excluding carboxylic acids is 2. The summed E-state index contributed by atoms with van der Waals surface area (Å²) in [5, 5.41) is 22.1. The summed E-state index contributed by atoms with van der Waals surface area (Å²) in [6.07, 6.45) is 6.05. The highest BCUT2D eigenvalue weighted by Crippen LogP contribution is 2.29. The van der Waals surface area contributed by atoms with E-state index in [0.29, 0.717) is 50.6 Å². The van der Waals surface area contributed by atoms with Crippen LogP contribution in [0.25, 0.3) is 23.0 Å². The molecule has 1 atom stereocenters. The number of aromatic nitrogens is 8. The Balaban J connectivity index is 1.39. The third kappa shape index (κ3) is 6.82. The van der Waals surface area contributed by atoms with E-state index in [2.05, 4.69) is 41.0 Å². The van der Waals surface area contributed by atoms with E-state index in [4.69, 9.17) is 28.2 Å². The van der Waals surface area contributed by atoms with Crippen molar-refractivity contribution in [2.45, 2.75) is 12.5 Å². The number of aryl methyl sites for hydroxylation is 1. The average molecular weight is 607 g/mol. The van der Waals surface area contributed by atoms with Crippen LogP contribution in [0.1, 0.15) is 23.1 Å². The topological polar surface area (TPSA) is 158 Å². The van der Waals surface area contributed by atoms with Gasteiger partial charge in [0.25, 0.3) is 0 Å². The van der Waals surface area contributed by atoms with Crippen LogP contribution in [0.4, 0.5) is 10.5 Å². The standard InChI is InChI=1S/C27H24Cl2N10O3/c1-38-12-11-20(35-38)14-21(26-33-24(25(29)34-26)16-3-7-19(8-4-16)31-27(41)42-2)32-23(40)10-5-17-13-18(28)6-9-22(17)39-15-30-36-37-39/h3-13,15,21H,14H2,1-2H3,(H,31,41)(H,32,40)(H,33,34)/b10-5+. The van der Waals surface area contributed by atoms with Gasteiger partial charge in [0, 0.05) is 47.6 Å². The van der Waals surface area contributed by atoms with Crippen LogP contribution in [-0.4, -0.2) is 59.1 Å². The fraction of sp³-hybridized carbons (Fsp3) is 0.148. The van der Waals surface area contributed by atoms with Gasteiger partial charge in [-0.3, -0.25) is 14.8 Å². The van der Waals surface area contributed by atoms with Crippen LogP contribution in [0.2, 0.25) is 10.2 Å². The molecule has 0 fully saturated rings. The molecular formula is C27H24Cl2N10O3. The number of imidazole rings is 1. The first-order chi connectivity index (χ1) is 20.3. The number of hydrogen-bond acceptors (Lipinski definition) is 8. The summed E-state index contributed by atoms with van der Waals surface area (Å²) < 4.78 is 7.77. The molecule has 5 rings (SSSR count). The minimum Gasteiger partial charge on any atom is -0.453 e. The van der Waals surface area contributed by atoms with E-state index in [9.17, 15) is 9.59 Å². The average Bonchev–Trinajstić information content (AvgIpc) is 3.74. The highest BCUT2D eigenvalue weighted by atomic mass is 35.5. The summed E-state index contributed by atoms with van der Waals surface area (Å²) in [6.45, 7) is 0. The molecule has 2 aromatic carbocycles. The van der Waals surface area contributed by atoms with Gasteiger partial charge < -0.3 is 15.0 Å². The second kappa shape index (κ2) is 12.7. The molecule has 0 bridgehead atoms. The molecule has 214 valence electrons. The summed E-state index contributed by atoms with van der Waals surface area (Å²) in [4.78, 5) is 32.4. The van der Waals surface area contributed by atoms with Crippen molar-refractivity contribution >= 4 is 47.0 Å². The third-order valence-corrected chi connectivity index (χ3v) is 6.61.